The van der Waals surface area contributed by atoms with Gasteiger partial charge in [-0.2, -0.15) is 9.97 Å². The fourth-order valence-corrected chi connectivity index (χ4v) is 15.7. The van der Waals surface area contributed by atoms with Crippen molar-refractivity contribution >= 4 is 62.6 Å². The highest BCUT2D eigenvalue weighted by atomic mass is 32.1. The minimum absolute atomic E-state index is 0.00415. The summed E-state index contributed by atoms with van der Waals surface area (Å²) < 4.78 is 35.4. The van der Waals surface area contributed by atoms with Gasteiger partial charge in [-0.15, -0.1) is 11.3 Å². The number of nitrogens with one attached hydrogen (secondary N) is 1. The molecule has 9 heterocycles. The minimum Gasteiger partial charge on any atom is -0.508 e. The van der Waals surface area contributed by atoms with Gasteiger partial charge in [0.1, 0.15) is 41.4 Å². The van der Waals surface area contributed by atoms with E-state index in [2.05, 4.69) is 55.0 Å². The first kappa shape index (κ1) is 61.3. The Morgan fingerprint density at radius 3 is 2.38 bits per heavy atom. The summed E-state index contributed by atoms with van der Waals surface area (Å²) in [6.07, 6.45) is 3.31. The third-order valence-corrected chi connectivity index (χ3v) is 20.6. The predicted molar refractivity (Wildman–Crippen MR) is 344 cm³/mol. The van der Waals surface area contributed by atoms with E-state index in [9.17, 15) is 24.6 Å². The maximum Gasteiger partial charge on any atom is 0.410 e. The van der Waals surface area contributed by atoms with Gasteiger partial charge in [-0.3, -0.25) is 29.3 Å². The summed E-state index contributed by atoms with van der Waals surface area (Å²) in [5.41, 5.74) is 7.20. The highest BCUT2D eigenvalue weighted by Crippen LogP contribution is 2.49. The molecule has 8 atom stereocenters. The maximum atomic E-state index is 17.0. The Kier molecular flexibility index (Phi) is 16.5. The standard InChI is InChI=1S/C68H83FN12O8S/c1-38(2)56(64(85)80-35-49(83)29-53(80)63(84)72-41(5)43-13-15-44(16-14-43)61-42(6)71-37-90-61)54-30-55(75-89-54)77-23-24-78(39(3)32-77)36-68(69)19-21-76(22-20-68)25-26-87-65-73-60-52(62(74-65)79-33-46-17-18-47(34-79)81(46)66(86)88-67(7,8)9)31-70-59-51-28-48(82)27-45-11-10-12-50(58(45)51)40(4)57(59)60/h10-16,27-28,30-31,37-41,46-47,49,53,56,82-83H,17-26,29,32-36H2,1-9H3,(H,72,84)/t39-,40?,41-,46?,47?,49+,53-,56-/m0/s1. The molecule has 20 nitrogen and oxygen atoms in total. The van der Waals surface area contributed by atoms with Crippen LogP contribution < -0.4 is 19.9 Å². The topological polar surface area (TPSA) is 219 Å². The SMILES string of the molecule is Cc1ncsc1-c1ccc([C@H](C)NC(=O)[C@@H]2C[C@@H](O)CN2C(=O)[C@H](c2cc(N3CCN(CC4(F)CCN(CCOc5nc(N6CC7CCC(C6)N7C(=O)OC(C)(C)C)c6cnc7c(c6n5)C(C)c5cccc6cc(O)cc-7c56)CC4)[C@@H](C)C3)no2)C(C)C)cc1. The first-order valence-corrected chi connectivity index (χ1v) is 33.0. The number of hydrogen-bond donors (Lipinski definition) is 3. The molecule has 3 N–H and O–H groups in total. The zero-order valence-corrected chi connectivity index (χ0v) is 53.8. The molecule has 0 radical (unpaired) electrons. The summed E-state index contributed by atoms with van der Waals surface area (Å²) >= 11 is 1.59. The Bertz CT molecular complexity index is 3830. The molecule has 4 aromatic heterocycles. The second kappa shape index (κ2) is 24.3. The Morgan fingerprint density at radius 1 is 0.922 bits per heavy atom. The molecule has 0 spiro atoms. The summed E-state index contributed by atoms with van der Waals surface area (Å²) in [5.74, 6) is 0.225. The number of thiazole rings is 1. The maximum absolute atomic E-state index is 17.0. The van der Waals surface area contributed by atoms with Crippen molar-refractivity contribution in [1.29, 1.82) is 0 Å². The summed E-state index contributed by atoms with van der Waals surface area (Å²) in [4.78, 5) is 75.2. The Balaban J connectivity index is 0.632. The van der Waals surface area contributed by atoms with E-state index < -0.39 is 29.3 Å². The molecule has 90 heavy (non-hydrogen) atoms. The van der Waals surface area contributed by atoms with Crippen LogP contribution in [0.25, 0.3) is 43.4 Å². The molecule has 5 saturated heterocycles. The lowest BCUT2D eigenvalue weighted by Gasteiger charge is -2.44. The van der Waals surface area contributed by atoms with E-state index in [1.807, 2.05) is 108 Å². The summed E-state index contributed by atoms with van der Waals surface area (Å²) in [6.45, 7) is 23.0. The average molecular weight is 1250 g/mol. The Hall–Kier alpha value is -7.53. The number of nitrogens with zero attached hydrogens (tertiary/aromatic N) is 11. The number of aryl methyl sites for hydroxylation is 1. The van der Waals surface area contributed by atoms with Gasteiger partial charge in [0, 0.05) is 107 Å². The summed E-state index contributed by atoms with van der Waals surface area (Å²) in [5, 5.41) is 32.2. The third kappa shape index (κ3) is 11.9. The lowest BCUT2D eigenvalue weighted by atomic mass is 9.79. The van der Waals surface area contributed by atoms with E-state index in [-0.39, 0.29) is 78.6 Å². The van der Waals surface area contributed by atoms with Crippen LogP contribution in [-0.2, 0) is 14.3 Å². The van der Waals surface area contributed by atoms with Crippen LogP contribution in [0, 0.1) is 12.8 Å². The number of aliphatic hydroxyl groups is 1. The van der Waals surface area contributed by atoms with E-state index in [0.717, 1.165) is 78.6 Å². The van der Waals surface area contributed by atoms with Crippen molar-refractivity contribution in [3.8, 4) is 33.5 Å². The number of likely N-dealkylation sites (tertiary alicyclic amines) is 2. The molecule has 13 rings (SSSR count). The van der Waals surface area contributed by atoms with Crippen molar-refractivity contribution in [2.24, 2.45) is 5.92 Å². The highest BCUT2D eigenvalue weighted by molar-refractivity contribution is 7.13. The first-order chi connectivity index (χ1) is 43.1. The van der Waals surface area contributed by atoms with Gasteiger partial charge in [-0.05, 0) is 113 Å². The van der Waals surface area contributed by atoms with E-state index >= 15 is 4.39 Å². The number of benzene rings is 3. The minimum atomic E-state index is -1.38. The summed E-state index contributed by atoms with van der Waals surface area (Å²) in [6, 6.07) is 18.6. The molecule has 5 aliphatic heterocycles. The molecule has 7 aromatic rings. The van der Waals surface area contributed by atoms with Gasteiger partial charge >= 0.3 is 12.1 Å². The van der Waals surface area contributed by atoms with Crippen LogP contribution in [0.5, 0.6) is 11.8 Å². The largest absolute Gasteiger partial charge is 0.508 e. The number of phenols is 1. The molecule has 6 aliphatic rings. The fraction of sp³-hybridized carbons (Fsp3) is 0.529. The van der Waals surface area contributed by atoms with Crippen LogP contribution >= 0.6 is 11.3 Å². The lowest BCUT2D eigenvalue weighted by Crippen LogP contribution is -2.57. The molecule has 1 aliphatic carbocycles. The normalized spacial score (nSPS) is 23.4. The van der Waals surface area contributed by atoms with Gasteiger partial charge < -0.3 is 44.2 Å². The average Bonchev–Trinajstić information content (AvgIpc) is 0.879. The van der Waals surface area contributed by atoms with Crippen molar-refractivity contribution in [2.45, 2.75) is 154 Å². The second-order valence-electron chi connectivity index (χ2n) is 27.4. The van der Waals surface area contributed by atoms with Crippen molar-refractivity contribution < 1.29 is 43.0 Å². The molecule has 2 bridgehead atoms. The van der Waals surface area contributed by atoms with Crippen LogP contribution in [0.3, 0.4) is 0 Å². The number of piperidine rings is 1. The zero-order valence-electron chi connectivity index (χ0n) is 53.0. The molecule has 0 saturated carbocycles. The quantitative estimate of drug-likeness (QED) is 0.0869. The number of ether oxygens (including phenoxy) is 2. The Labute approximate surface area is 528 Å². The number of anilines is 2. The number of aromatic nitrogens is 5. The molecule has 3 unspecified atom stereocenters. The number of β-amino-alcohol motifs (C(OH)–C–C–N with tert-alkyl or cyclic N) is 1. The second-order valence-corrected chi connectivity index (χ2v) is 28.2. The van der Waals surface area contributed by atoms with Gasteiger partial charge in [0.25, 0.3) is 0 Å². The van der Waals surface area contributed by atoms with Gasteiger partial charge in [0.2, 0.25) is 11.8 Å². The van der Waals surface area contributed by atoms with Crippen LogP contribution in [0.15, 0.2) is 76.9 Å². The molecule has 3 aromatic carbocycles. The number of piperazine rings is 2. The van der Waals surface area contributed by atoms with E-state index in [1.54, 1.807) is 23.5 Å². The zero-order chi connectivity index (χ0) is 63.1. The van der Waals surface area contributed by atoms with E-state index in [4.69, 9.17) is 28.9 Å². The van der Waals surface area contributed by atoms with Gasteiger partial charge in [0.15, 0.2) is 11.6 Å². The van der Waals surface area contributed by atoms with E-state index in [0.29, 0.717) is 95.7 Å². The van der Waals surface area contributed by atoms with Crippen molar-refractivity contribution in [2.75, 3.05) is 81.9 Å². The predicted octanol–water partition coefficient (Wildman–Crippen LogP) is 10.00. The van der Waals surface area contributed by atoms with Crippen molar-refractivity contribution in [3.63, 3.8) is 0 Å². The van der Waals surface area contributed by atoms with Gasteiger partial charge in [0.05, 0.1) is 56.9 Å². The number of carbonyl (C=O) groups is 3. The number of hydrogen-bond acceptors (Lipinski definition) is 18. The molecular formula is C68H83FN12O8S. The van der Waals surface area contributed by atoms with Gasteiger partial charge in [-0.1, -0.05) is 68.4 Å². The third-order valence-electron chi connectivity index (χ3n) is 19.6. The number of aliphatic hydroxyl groups excluding tert-OH is 1. The Morgan fingerprint density at radius 2 is 1.68 bits per heavy atom. The molecule has 22 heteroatoms. The number of rotatable bonds is 15. The smallest absolute Gasteiger partial charge is 0.410 e. The van der Waals surface area contributed by atoms with Crippen LogP contribution in [0.2, 0.25) is 0 Å². The van der Waals surface area contributed by atoms with Crippen molar-refractivity contribution in [1.82, 2.24) is 50.0 Å². The number of carbonyl (C=O) groups excluding carboxylic acids is 3. The number of halogens is 1. The highest BCUT2D eigenvalue weighted by Gasteiger charge is 2.47. The first-order valence-electron chi connectivity index (χ1n) is 32.1. The number of pyridine rings is 1. The molecular weight excluding hydrogens is 1160 g/mol. The number of fused-ring (bicyclic) bond motifs is 6. The molecule has 5 fully saturated rings. The lowest BCUT2D eigenvalue weighted by molar-refractivity contribution is -0.141. The fourth-order valence-electron chi connectivity index (χ4n) is 14.9. The van der Waals surface area contributed by atoms with Crippen LogP contribution in [0.1, 0.15) is 134 Å². The van der Waals surface area contributed by atoms with Crippen LogP contribution in [0.4, 0.5) is 20.8 Å². The van der Waals surface area contributed by atoms with Crippen LogP contribution in [-0.4, -0.2) is 186 Å². The number of alkyl halides is 1. The summed E-state index contributed by atoms with van der Waals surface area (Å²) in [7, 11) is 0. The molecule has 476 valence electrons. The monoisotopic (exact) mass is 1250 g/mol. The van der Waals surface area contributed by atoms with E-state index in [1.165, 1.54) is 4.90 Å². The number of phenolic OH excluding ortho intramolecular Hbond substituents is 1. The van der Waals surface area contributed by atoms with Gasteiger partial charge in [-0.25, -0.2) is 14.2 Å². The number of amides is 3. The molecule has 3 amide bonds. The number of aromatic hydroxyl groups is 1. The van der Waals surface area contributed by atoms with Crippen molar-refractivity contribution in [3.05, 3.63) is 101 Å².